The summed E-state index contributed by atoms with van der Waals surface area (Å²) in [6, 6.07) is 2.30. The highest BCUT2D eigenvalue weighted by Gasteiger charge is 2.36. The number of aromatic nitrogens is 3. The molecule has 1 aromatic carbocycles. The van der Waals surface area contributed by atoms with E-state index in [2.05, 4.69) is 15.6 Å². The number of nitrogens with one attached hydrogen (secondary N) is 1. The van der Waals surface area contributed by atoms with Gasteiger partial charge >= 0.3 is 0 Å². The third-order valence-electron chi connectivity index (χ3n) is 5.68. The van der Waals surface area contributed by atoms with Crippen molar-refractivity contribution < 1.29 is 22.0 Å². The van der Waals surface area contributed by atoms with Gasteiger partial charge in [-0.1, -0.05) is 18.1 Å². The standard InChI is InChI=1S/C19H23F2N5O3S/c20-16-8-7-15(10-17(16)21)30(28,29)26-9-3-6-14(26)11-25-12-18(23-24-25)19(27)22-13-4-1-2-5-13/h7-8,10,12-14H,1-6,9,11H2,(H,22,27)/t14-/m0/s1. The number of sulfonamides is 1. The number of hydrogen-bond acceptors (Lipinski definition) is 5. The fraction of sp³-hybridized carbons (Fsp3) is 0.526. The van der Waals surface area contributed by atoms with Crippen LogP contribution < -0.4 is 5.32 Å². The quantitative estimate of drug-likeness (QED) is 0.743. The minimum absolute atomic E-state index is 0.161. The maximum absolute atomic E-state index is 13.5. The van der Waals surface area contributed by atoms with Crippen molar-refractivity contribution in [3.05, 3.63) is 41.7 Å². The Kier molecular flexibility index (Phi) is 5.83. The second-order valence-electron chi connectivity index (χ2n) is 7.77. The van der Waals surface area contributed by atoms with Crippen LogP contribution in [0.3, 0.4) is 0 Å². The van der Waals surface area contributed by atoms with Gasteiger partial charge in [-0.3, -0.25) is 9.48 Å². The van der Waals surface area contributed by atoms with E-state index in [0.29, 0.717) is 18.9 Å². The molecule has 0 spiro atoms. The first-order valence-electron chi connectivity index (χ1n) is 10.0. The van der Waals surface area contributed by atoms with E-state index in [4.69, 9.17) is 0 Å². The maximum Gasteiger partial charge on any atom is 0.273 e. The summed E-state index contributed by atoms with van der Waals surface area (Å²) >= 11 is 0. The monoisotopic (exact) mass is 439 g/mol. The Morgan fingerprint density at radius 3 is 2.63 bits per heavy atom. The zero-order valence-electron chi connectivity index (χ0n) is 16.3. The molecule has 1 amide bonds. The summed E-state index contributed by atoms with van der Waals surface area (Å²) < 4.78 is 55.3. The Hall–Kier alpha value is -2.40. The van der Waals surface area contributed by atoms with Crippen molar-refractivity contribution in [2.75, 3.05) is 6.54 Å². The van der Waals surface area contributed by atoms with Gasteiger partial charge in [-0.15, -0.1) is 5.10 Å². The molecule has 2 aromatic rings. The second kappa shape index (κ2) is 8.38. The number of carbonyl (C=O) groups is 1. The van der Waals surface area contributed by atoms with Gasteiger partial charge in [-0.2, -0.15) is 4.31 Å². The van der Waals surface area contributed by atoms with Gasteiger partial charge in [0.1, 0.15) is 0 Å². The van der Waals surface area contributed by atoms with Crippen molar-refractivity contribution in [2.24, 2.45) is 0 Å². The summed E-state index contributed by atoms with van der Waals surface area (Å²) in [6.45, 7) is 0.488. The number of carbonyl (C=O) groups excluding carboxylic acids is 1. The molecule has 2 fully saturated rings. The van der Waals surface area contributed by atoms with E-state index >= 15 is 0 Å². The van der Waals surface area contributed by atoms with Crippen molar-refractivity contribution in [3.8, 4) is 0 Å². The number of benzene rings is 1. The highest BCUT2D eigenvalue weighted by Crippen LogP contribution is 2.27. The molecule has 30 heavy (non-hydrogen) atoms. The molecule has 1 aromatic heterocycles. The Labute approximate surface area is 173 Å². The van der Waals surface area contributed by atoms with Gasteiger partial charge in [0.15, 0.2) is 17.3 Å². The lowest BCUT2D eigenvalue weighted by molar-refractivity contribution is 0.0932. The Morgan fingerprint density at radius 2 is 1.90 bits per heavy atom. The van der Waals surface area contributed by atoms with Crippen molar-refractivity contribution in [2.45, 2.75) is 62.0 Å². The maximum atomic E-state index is 13.5. The van der Waals surface area contributed by atoms with Crippen molar-refractivity contribution >= 4 is 15.9 Å². The molecular formula is C19H23F2N5O3S. The third kappa shape index (κ3) is 4.22. The average Bonchev–Trinajstić information content (AvgIpc) is 3.46. The lowest BCUT2D eigenvalue weighted by Crippen LogP contribution is -2.38. The van der Waals surface area contributed by atoms with Crippen LogP contribution in [-0.4, -0.2) is 52.3 Å². The molecule has 1 N–H and O–H groups in total. The Balaban J connectivity index is 1.46. The van der Waals surface area contributed by atoms with E-state index in [-0.39, 0.29) is 35.6 Å². The summed E-state index contributed by atoms with van der Waals surface area (Å²) in [7, 11) is -3.99. The molecule has 1 aliphatic heterocycles. The van der Waals surface area contributed by atoms with Gasteiger partial charge in [-0.05, 0) is 43.9 Å². The third-order valence-corrected chi connectivity index (χ3v) is 7.63. The number of amides is 1. The highest BCUT2D eigenvalue weighted by atomic mass is 32.2. The first-order valence-corrected chi connectivity index (χ1v) is 11.5. The molecule has 0 radical (unpaired) electrons. The van der Waals surface area contributed by atoms with E-state index in [0.717, 1.165) is 37.8 Å². The Bertz CT molecular complexity index is 1040. The van der Waals surface area contributed by atoms with Crippen LogP contribution in [-0.2, 0) is 16.6 Å². The summed E-state index contributed by atoms with van der Waals surface area (Å²) in [5.74, 6) is -2.59. The summed E-state index contributed by atoms with van der Waals surface area (Å²) in [5.41, 5.74) is 0.190. The van der Waals surface area contributed by atoms with Crippen LogP contribution in [0.25, 0.3) is 0 Å². The van der Waals surface area contributed by atoms with E-state index in [1.807, 2.05) is 0 Å². The van der Waals surface area contributed by atoms with Crippen LogP contribution in [0.5, 0.6) is 0 Å². The van der Waals surface area contributed by atoms with E-state index in [1.54, 1.807) is 0 Å². The molecular weight excluding hydrogens is 416 g/mol. The first kappa shape index (κ1) is 20.9. The van der Waals surface area contributed by atoms with E-state index < -0.39 is 27.7 Å². The van der Waals surface area contributed by atoms with Crippen molar-refractivity contribution in [1.82, 2.24) is 24.6 Å². The summed E-state index contributed by atoms with van der Waals surface area (Å²) in [4.78, 5) is 12.0. The number of rotatable bonds is 6. The van der Waals surface area contributed by atoms with Gasteiger partial charge in [-0.25, -0.2) is 17.2 Å². The molecule has 1 atom stereocenters. The first-order chi connectivity index (χ1) is 14.3. The predicted octanol–water partition coefficient (Wildman–Crippen LogP) is 2.08. The zero-order valence-corrected chi connectivity index (χ0v) is 17.1. The molecule has 1 saturated heterocycles. The Morgan fingerprint density at radius 1 is 1.13 bits per heavy atom. The minimum Gasteiger partial charge on any atom is -0.348 e. The van der Waals surface area contributed by atoms with Crippen LogP contribution in [0.1, 0.15) is 49.0 Å². The van der Waals surface area contributed by atoms with E-state index in [9.17, 15) is 22.0 Å². The normalized spacial score (nSPS) is 20.7. The molecule has 2 aliphatic rings. The number of halogens is 2. The van der Waals surface area contributed by atoms with Gasteiger partial charge in [0.25, 0.3) is 5.91 Å². The smallest absolute Gasteiger partial charge is 0.273 e. The van der Waals surface area contributed by atoms with Crippen LogP contribution >= 0.6 is 0 Å². The average molecular weight is 439 g/mol. The molecule has 0 unspecified atom stereocenters. The van der Waals surface area contributed by atoms with Gasteiger partial charge in [0.2, 0.25) is 10.0 Å². The minimum atomic E-state index is -3.99. The van der Waals surface area contributed by atoms with Crippen LogP contribution in [0.15, 0.2) is 29.3 Å². The SMILES string of the molecule is O=C(NC1CCCC1)c1cn(C[C@@H]2CCCN2S(=O)(=O)c2ccc(F)c(F)c2)nn1. The van der Waals surface area contributed by atoms with Crippen LogP contribution in [0.4, 0.5) is 8.78 Å². The van der Waals surface area contributed by atoms with Crippen LogP contribution in [0.2, 0.25) is 0 Å². The molecule has 2 heterocycles. The van der Waals surface area contributed by atoms with Gasteiger partial charge in [0, 0.05) is 18.6 Å². The largest absolute Gasteiger partial charge is 0.348 e. The fourth-order valence-electron chi connectivity index (χ4n) is 4.12. The summed E-state index contributed by atoms with van der Waals surface area (Å²) in [5, 5.41) is 10.8. The topological polar surface area (TPSA) is 97.2 Å². The second-order valence-corrected chi connectivity index (χ2v) is 9.66. The van der Waals surface area contributed by atoms with Crippen LogP contribution in [0, 0.1) is 11.6 Å². The summed E-state index contributed by atoms with van der Waals surface area (Å²) in [6.07, 6.45) is 6.84. The highest BCUT2D eigenvalue weighted by molar-refractivity contribution is 7.89. The van der Waals surface area contributed by atoms with Crippen molar-refractivity contribution in [1.29, 1.82) is 0 Å². The fourth-order valence-corrected chi connectivity index (χ4v) is 5.82. The predicted molar refractivity (Wildman–Crippen MR) is 103 cm³/mol. The zero-order chi connectivity index (χ0) is 21.3. The van der Waals surface area contributed by atoms with Gasteiger partial charge < -0.3 is 5.32 Å². The molecule has 162 valence electrons. The van der Waals surface area contributed by atoms with E-state index in [1.165, 1.54) is 15.2 Å². The van der Waals surface area contributed by atoms with Gasteiger partial charge in [0.05, 0.1) is 17.6 Å². The molecule has 11 heteroatoms. The molecule has 8 nitrogen and oxygen atoms in total. The molecule has 1 aliphatic carbocycles. The molecule has 1 saturated carbocycles. The lowest BCUT2D eigenvalue weighted by atomic mass is 10.2. The van der Waals surface area contributed by atoms with Crippen molar-refractivity contribution in [3.63, 3.8) is 0 Å². The molecule has 4 rings (SSSR count). The molecule has 0 bridgehead atoms. The number of nitrogens with zero attached hydrogens (tertiary/aromatic N) is 4. The lowest BCUT2D eigenvalue weighted by Gasteiger charge is -2.24. The number of hydrogen-bond donors (Lipinski definition) is 1.